The number of ether oxygens (including phenoxy) is 1. The lowest BCUT2D eigenvalue weighted by atomic mass is 10.0. The summed E-state index contributed by atoms with van der Waals surface area (Å²) in [6.07, 6.45) is 0. The smallest absolute Gasteiger partial charge is 0.293 e. The number of sulfonamides is 1. The van der Waals surface area contributed by atoms with E-state index in [2.05, 4.69) is 5.32 Å². The third-order valence-electron chi connectivity index (χ3n) is 4.77. The Morgan fingerprint density at radius 3 is 2.33 bits per heavy atom. The molecule has 0 spiro atoms. The van der Waals surface area contributed by atoms with Crippen molar-refractivity contribution in [3.63, 3.8) is 0 Å². The summed E-state index contributed by atoms with van der Waals surface area (Å²) < 4.78 is 32.0. The number of carbonyl (C=O) groups is 1. The number of anilines is 2. The van der Waals surface area contributed by atoms with Crippen LogP contribution in [-0.2, 0) is 10.0 Å². The van der Waals surface area contributed by atoms with Gasteiger partial charge in [0, 0.05) is 37.0 Å². The molecule has 0 bridgehead atoms. The summed E-state index contributed by atoms with van der Waals surface area (Å²) in [7, 11) is -1.03. The quantitative estimate of drug-likeness (QED) is 0.283. The number of nitro groups is 1. The van der Waals surface area contributed by atoms with Crippen LogP contribution in [0.15, 0.2) is 71.6 Å². The molecule has 1 N–H and O–H groups in total. The number of hydrogen-bond donors (Lipinski definition) is 1. The van der Waals surface area contributed by atoms with Crippen molar-refractivity contribution in [2.75, 3.05) is 26.0 Å². The third kappa shape index (κ3) is 5.18. The van der Waals surface area contributed by atoms with Gasteiger partial charge in [0.2, 0.25) is 10.0 Å². The van der Waals surface area contributed by atoms with Gasteiger partial charge in [-0.25, -0.2) is 12.7 Å². The minimum atomic E-state index is -3.83. The topological polar surface area (TPSA) is 119 Å². The van der Waals surface area contributed by atoms with Crippen molar-refractivity contribution >= 4 is 32.9 Å². The number of nitrogens with one attached hydrogen (secondary N) is 1. The number of ketones is 1. The second-order valence-electron chi connectivity index (χ2n) is 7.19. The molecule has 3 rings (SSSR count). The van der Waals surface area contributed by atoms with E-state index in [-0.39, 0.29) is 40.0 Å². The Morgan fingerprint density at radius 2 is 1.73 bits per heavy atom. The Hall–Kier alpha value is -3.76. The first-order valence-electron chi connectivity index (χ1n) is 9.99. The fraction of sp³-hybridized carbons (Fsp3) is 0.174. The predicted octanol–water partition coefficient (Wildman–Crippen LogP) is 4.22. The second-order valence-corrected chi connectivity index (χ2v) is 9.31. The van der Waals surface area contributed by atoms with E-state index < -0.39 is 14.9 Å². The van der Waals surface area contributed by atoms with Crippen LogP contribution in [0, 0.1) is 10.1 Å². The predicted molar refractivity (Wildman–Crippen MR) is 125 cm³/mol. The molecule has 0 amide bonds. The summed E-state index contributed by atoms with van der Waals surface area (Å²) in [5, 5.41) is 14.6. The molecule has 33 heavy (non-hydrogen) atoms. The van der Waals surface area contributed by atoms with E-state index in [0.29, 0.717) is 11.3 Å². The van der Waals surface area contributed by atoms with E-state index in [4.69, 9.17) is 4.74 Å². The molecular formula is C23H23N3O6S. The monoisotopic (exact) mass is 469 g/mol. The Morgan fingerprint density at radius 1 is 1.03 bits per heavy atom. The van der Waals surface area contributed by atoms with Crippen LogP contribution in [0.5, 0.6) is 5.75 Å². The average Bonchev–Trinajstić information content (AvgIpc) is 2.80. The van der Waals surface area contributed by atoms with Gasteiger partial charge in [-0.15, -0.1) is 0 Å². The number of benzene rings is 3. The summed E-state index contributed by atoms with van der Waals surface area (Å²) in [6, 6.07) is 17.0. The Balaban J connectivity index is 2.01. The van der Waals surface area contributed by atoms with Gasteiger partial charge in [-0.3, -0.25) is 14.9 Å². The molecule has 0 aliphatic rings. The Labute approximate surface area is 191 Å². The zero-order valence-electron chi connectivity index (χ0n) is 18.3. The molecule has 0 saturated heterocycles. The average molecular weight is 470 g/mol. The lowest BCUT2D eigenvalue weighted by Gasteiger charge is -2.17. The summed E-state index contributed by atoms with van der Waals surface area (Å²) in [5.74, 6) is -0.166. The third-order valence-corrected chi connectivity index (χ3v) is 6.61. The fourth-order valence-corrected chi connectivity index (χ4v) is 4.15. The van der Waals surface area contributed by atoms with Crippen LogP contribution in [0.1, 0.15) is 22.8 Å². The number of carbonyl (C=O) groups excluding carboxylic acids is 1. The van der Waals surface area contributed by atoms with Crippen LogP contribution >= 0.6 is 0 Å². The SMILES string of the molecule is CCOc1ccc(Nc2ccc(C(=O)c3ccccc3)cc2[N+](=O)[O-])cc1S(=O)(=O)N(C)C. The van der Waals surface area contributed by atoms with Crippen LogP contribution in [0.3, 0.4) is 0 Å². The van der Waals surface area contributed by atoms with Crippen molar-refractivity contribution in [1.82, 2.24) is 4.31 Å². The molecule has 9 nitrogen and oxygen atoms in total. The molecule has 0 aromatic heterocycles. The summed E-state index contributed by atoms with van der Waals surface area (Å²) in [4.78, 5) is 23.7. The minimum absolute atomic E-state index is 0.0714. The van der Waals surface area contributed by atoms with Crippen molar-refractivity contribution in [2.45, 2.75) is 11.8 Å². The van der Waals surface area contributed by atoms with E-state index in [1.165, 1.54) is 44.4 Å². The van der Waals surface area contributed by atoms with Crippen molar-refractivity contribution in [1.29, 1.82) is 0 Å². The highest BCUT2D eigenvalue weighted by atomic mass is 32.2. The number of hydrogen-bond acceptors (Lipinski definition) is 7. The van der Waals surface area contributed by atoms with Crippen LogP contribution < -0.4 is 10.1 Å². The van der Waals surface area contributed by atoms with Gasteiger partial charge in [0.05, 0.1) is 11.5 Å². The normalized spacial score (nSPS) is 11.3. The van der Waals surface area contributed by atoms with E-state index in [1.54, 1.807) is 43.3 Å². The first kappa shape index (κ1) is 23.9. The fourth-order valence-electron chi connectivity index (χ4n) is 3.10. The van der Waals surface area contributed by atoms with E-state index in [1.807, 2.05) is 0 Å². The van der Waals surface area contributed by atoms with E-state index in [0.717, 1.165) is 4.31 Å². The van der Waals surface area contributed by atoms with Crippen molar-refractivity contribution in [2.24, 2.45) is 0 Å². The largest absolute Gasteiger partial charge is 0.492 e. The molecule has 0 saturated carbocycles. The molecule has 3 aromatic carbocycles. The lowest BCUT2D eigenvalue weighted by molar-refractivity contribution is -0.383. The highest BCUT2D eigenvalue weighted by Gasteiger charge is 2.24. The van der Waals surface area contributed by atoms with Gasteiger partial charge in [-0.1, -0.05) is 30.3 Å². The zero-order valence-corrected chi connectivity index (χ0v) is 19.1. The molecule has 10 heteroatoms. The molecule has 0 atom stereocenters. The van der Waals surface area contributed by atoms with Gasteiger partial charge in [0.15, 0.2) is 5.78 Å². The second kappa shape index (κ2) is 9.80. The van der Waals surface area contributed by atoms with Gasteiger partial charge in [-0.2, -0.15) is 0 Å². The van der Waals surface area contributed by atoms with Crippen LogP contribution in [0.4, 0.5) is 17.1 Å². The molecule has 0 aliphatic carbocycles. The number of rotatable bonds is 9. The van der Waals surface area contributed by atoms with Gasteiger partial charge >= 0.3 is 0 Å². The van der Waals surface area contributed by atoms with Gasteiger partial charge in [0.25, 0.3) is 5.69 Å². The van der Waals surface area contributed by atoms with Gasteiger partial charge in [-0.05, 0) is 37.3 Å². The Bertz CT molecular complexity index is 1290. The van der Waals surface area contributed by atoms with Crippen LogP contribution in [0.2, 0.25) is 0 Å². The minimum Gasteiger partial charge on any atom is -0.492 e. The molecule has 3 aromatic rings. The van der Waals surface area contributed by atoms with E-state index in [9.17, 15) is 23.3 Å². The van der Waals surface area contributed by atoms with Gasteiger partial charge < -0.3 is 10.1 Å². The van der Waals surface area contributed by atoms with Gasteiger partial charge in [0.1, 0.15) is 16.3 Å². The lowest BCUT2D eigenvalue weighted by Crippen LogP contribution is -2.23. The van der Waals surface area contributed by atoms with Crippen LogP contribution in [-0.4, -0.2) is 44.1 Å². The molecule has 0 radical (unpaired) electrons. The zero-order chi connectivity index (χ0) is 24.2. The molecule has 0 aliphatic heterocycles. The highest BCUT2D eigenvalue weighted by Crippen LogP contribution is 2.33. The highest BCUT2D eigenvalue weighted by molar-refractivity contribution is 7.89. The molecular weight excluding hydrogens is 446 g/mol. The van der Waals surface area contributed by atoms with Crippen LogP contribution in [0.25, 0.3) is 0 Å². The first-order chi connectivity index (χ1) is 15.6. The summed E-state index contributed by atoms with van der Waals surface area (Å²) >= 11 is 0. The molecule has 0 fully saturated rings. The molecule has 0 unspecified atom stereocenters. The number of nitrogens with zero attached hydrogens (tertiary/aromatic N) is 2. The summed E-state index contributed by atoms with van der Waals surface area (Å²) in [5.41, 5.74) is 0.687. The standard InChI is InChI=1S/C23H23N3O6S/c1-4-32-21-13-11-18(15-22(21)33(30,31)25(2)3)24-19-12-10-17(14-20(19)26(28)29)23(27)16-8-6-5-7-9-16/h5-15,24H,4H2,1-3H3. The summed E-state index contributed by atoms with van der Waals surface area (Å²) in [6.45, 7) is 2.00. The molecule has 172 valence electrons. The maximum atomic E-state index is 12.7. The first-order valence-corrected chi connectivity index (χ1v) is 11.4. The maximum Gasteiger partial charge on any atom is 0.293 e. The van der Waals surface area contributed by atoms with E-state index >= 15 is 0 Å². The molecule has 0 heterocycles. The van der Waals surface area contributed by atoms with Crippen molar-refractivity contribution < 1.29 is 22.9 Å². The Kier molecular flexibility index (Phi) is 7.10. The number of nitro benzene ring substituents is 1. The maximum absolute atomic E-state index is 12.7. The van der Waals surface area contributed by atoms with Crippen molar-refractivity contribution in [3.05, 3.63) is 88.0 Å². The van der Waals surface area contributed by atoms with Crippen molar-refractivity contribution in [3.8, 4) is 5.75 Å².